The number of Topliss-reactive ketones (excluding diaryl/α,β-unsaturated/α-hetero) is 1. The van der Waals surface area contributed by atoms with Crippen LogP contribution in [0, 0.1) is 0 Å². The van der Waals surface area contributed by atoms with Gasteiger partial charge >= 0.3 is 0 Å². The molecule has 3 rings (SSSR count). The van der Waals surface area contributed by atoms with E-state index in [9.17, 15) is 4.79 Å². The van der Waals surface area contributed by atoms with E-state index >= 15 is 0 Å². The minimum Gasteiger partial charge on any atom is -0.353 e. The number of fused-ring (bicyclic) bond motifs is 3. The van der Waals surface area contributed by atoms with Crippen molar-refractivity contribution in [3.8, 4) is 11.1 Å². The minimum atomic E-state index is -0.616. The maximum Gasteiger partial charge on any atom is 0.212 e. The summed E-state index contributed by atoms with van der Waals surface area (Å²) < 4.78 is 5.53. The summed E-state index contributed by atoms with van der Waals surface area (Å²) in [7, 11) is 0. The largest absolute Gasteiger partial charge is 0.353 e. The van der Waals surface area contributed by atoms with Crippen LogP contribution in [0.1, 0.15) is 17.3 Å². The molecule has 3 nitrogen and oxygen atoms in total. The molecule has 0 radical (unpaired) electrons. The summed E-state index contributed by atoms with van der Waals surface area (Å²) in [5.41, 5.74) is 3.63. The maximum atomic E-state index is 12.5. The number of carbonyl (C=O) groups excluding carboxylic acids is 1. The van der Waals surface area contributed by atoms with Crippen LogP contribution in [0.2, 0.25) is 0 Å². The van der Waals surface area contributed by atoms with Crippen molar-refractivity contribution < 1.29 is 9.53 Å². The van der Waals surface area contributed by atoms with Gasteiger partial charge < -0.3 is 10.1 Å². The average Bonchev–Trinajstić information content (AvgIpc) is 2.57. The van der Waals surface area contributed by atoms with E-state index in [0.717, 1.165) is 16.8 Å². The maximum absolute atomic E-state index is 12.5. The highest BCUT2D eigenvalue weighted by molar-refractivity contribution is 6.09. The molecule has 96 valence electrons. The molecular formula is C16H15NO2. The predicted octanol–water partition coefficient (Wildman–Crippen LogP) is 3.32. The molecule has 0 saturated carbocycles. The van der Waals surface area contributed by atoms with Crippen LogP contribution >= 0.6 is 0 Å². The monoisotopic (exact) mass is 253 g/mol. The number of rotatable bonds is 2. The van der Waals surface area contributed by atoms with Gasteiger partial charge in [0.2, 0.25) is 5.78 Å². The second-order valence-corrected chi connectivity index (χ2v) is 4.44. The summed E-state index contributed by atoms with van der Waals surface area (Å²) in [5, 5.41) is 3.19. The number of para-hydroxylation sites is 1. The Labute approximate surface area is 112 Å². The molecule has 1 heterocycles. The van der Waals surface area contributed by atoms with E-state index in [-0.39, 0.29) is 5.78 Å². The third-order valence-corrected chi connectivity index (χ3v) is 3.27. The van der Waals surface area contributed by atoms with Crippen LogP contribution in [0.3, 0.4) is 0 Å². The summed E-state index contributed by atoms with van der Waals surface area (Å²) in [5.74, 6) is -0.0198. The summed E-state index contributed by atoms with van der Waals surface area (Å²) in [6, 6.07) is 15.6. The first-order valence-electron chi connectivity index (χ1n) is 6.42. The first-order chi connectivity index (χ1) is 9.31. The van der Waals surface area contributed by atoms with Crippen LogP contribution in [0.5, 0.6) is 0 Å². The SMILES string of the molecule is CCOC1Nc2ccccc2-c2ccccc2C1=O. The highest BCUT2D eigenvalue weighted by Crippen LogP contribution is 2.34. The molecule has 0 aromatic heterocycles. The van der Waals surface area contributed by atoms with E-state index in [0.29, 0.717) is 12.2 Å². The molecule has 0 amide bonds. The van der Waals surface area contributed by atoms with Gasteiger partial charge in [-0.25, -0.2) is 0 Å². The Bertz CT molecular complexity index is 622. The van der Waals surface area contributed by atoms with Gasteiger partial charge in [-0.05, 0) is 18.6 Å². The Kier molecular flexibility index (Phi) is 3.05. The van der Waals surface area contributed by atoms with Crippen molar-refractivity contribution in [2.45, 2.75) is 13.2 Å². The molecule has 0 aliphatic carbocycles. The summed E-state index contributed by atoms with van der Waals surface area (Å²) in [4.78, 5) is 12.5. The van der Waals surface area contributed by atoms with Gasteiger partial charge in [0.25, 0.3) is 0 Å². The van der Waals surface area contributed by atoms with Crippen molar-refractivity contribution in [2.75, 3.05) is 11.9 Å². The van der Waals surface area contributed by atoms with Crippen molar-refractivity contribution in [1.29, 1.82) is 0 Å². The van der Waals surface area contributed by atoms with Gasteiger partial charge in [0.15, 0.2) is 6.23 Å². The molecule has 1 atom stereocenters. The Hall–Kier alpha value is -2.13. The smallest absolute Gasteiger partial charge is 0.212 e. The first kappa shape index (κ1) is 11.9. The lowest BCUT2D eigenvalue weighted by Crippen LogP contribution is -2.31. The van der Waals surface area contributed by atoms with Crippen LogP contribution in [0.25, 0.3) is 11.1 Å². The van der Waals surface area contributed by atoms with E-state index in [1.54, 1.807) is 0 Å². The van der Waals surface area contributed by atoms with Crippen LogP contribution < -0.4 is 5.32 Å². The van der Waals surface area contributed by atoms with Gasteiger partial charge in [-0.2, -0.15) is 0 Å². The van der Waals surface area contributed by atoms with Gasteiger partial charge in [-0.1, -0.05) is 42.5 Å². The Morgan fingerprint density at radius 1 is 1.00 bits per heavy atom. The molecule has 2 aromatic carbocycles. The van der Waals surface area contributed by atoms with Gasteiger partial charge in [-0.15, -0.1) is 0 Å². The van der Waals surface area contributed by atoms with E-state index in [1.165, 1.54) is 0 Å². The van der Waals surface area contributed by atoms with Crippen molar-refractivity contribution in [2.24, 2.45) is 0 Å². The Morgan fingerprint density at radius 3 is 2.37 bits per heavy atom. The van der Waals surface area contributed by atoms with E-state index in [4.69, 9.17) is 4.74 Å². The average molecular weight is 253 g/mol. The van der Waals surface area contributed by atoms with Crippen molar-refractivity contribution >= 4 is 11.5 Å². The molecule has 0 fully saturated rings. The first-order valence-corrected chi connectivity index (χ1v) is 6.42. The van der Waals surface area contributed by atoms with Gasteiger partial charge in [0.05, 0.1) is 0 Å². The zero-order chi connectivity index (χ0) is 13.2. The van der Waals surface area contributed by atoms with Gasteiger partial charge in [0, 0.05) is 23.4 Å². The molecule has 0 spiro atoms. The second-order valence-electron chi connectivity index (χ2n) is 4.44. The number of anilines is 1. The molecule has 2 aromatic rings. The van der Waals surface area contributed by atoms with Gasteiger partial charge in [0.1, 0.15) is 0 Å². The molecule has 1 aliphatic rings. The van der Waals surface area contributed by atoms with E-state index in [1.807, 2.05) is 55.5 Å². The van der Waals surface area contributed by atoms with Crippen LogP contribution in [-0.2, 0) is 4.74 Å². The minimum absolute atomic E-state index is 0.0198. The molecule has 3 heteroatoms. The highest BCUT2D eigenvalue weighted by Gasteiger charge is 2.27. The summed E-state index contributed by atoms with van der Waals surface area (Å²) in [6.07, 6.45) is -0.616. The molecule has 1 aliphatic heterocycles. The number of benzene rings is 2. The zero-order valence-corrected chi connectivity index (χ0v) is 10.7. The van der Waals surface area contributed by atoms with Crippen molar-refractivity contribution in [3.05, 3.63) is 54.1 Å². The lowest BCUT2D eigenvalue weighted by atomic mass is 9.97. The third kappa shape index (κ3) is 2.02. The molecule has 19 heavy (non-hydrogen) atoms. The van der Waals surface area contributed by atoms with Crippen LogP contribution in [0.15, 0.2) is 48.5 Å². The molecule has 1 N–H and O–H groups in total. The summed E-state index contributed by atoms with van der Waals surface area (Å²) in [6.45, 7) is 2.38. The van der Waals surface area contributed by atoms with E-state index in [2.05, 4.69) is 5.32 Å². The van der Waals surface area contributed by atoms with Crippen LogP contribution in [0.4, 0.5) is 5.69 Å². The molecular weight excluding hydrogens is 238 g/mol. The number of ketones is 1. The van der Waals surface area contributed by atoms with Crippen molar-refractivity contribution in [1.82, 2.24) is 0 Å². The fourth-order valence-electron chi connectivity index (χ4n) is 2.41. The van der Waals surface area contributed by atoms with Crippen molar-refractivity contribution in [3.63, 3.8) is 0 Å². The highest BCUT2D eigenvalue weighted by atomic mass is 16.5. The Morgan fingerprint density at radius 2 is 1.63 bits per heavy atom. The number of ether oxygens (including phenoxy) is 1. The Balaban J connectivity index is 2.21. The van der Waals surface area contributed by atoms with Crippen LogP contribution in [-0.4, -0.2) is 18.6 Å². The fraction of sp³-hybridized carbons (Fsp3) is 0.188. The number of carbonyl (C=O) groups is 1. The summed E-state index contributed by atoms with van der Waals surface area (Å²) >= 11 is 0. The molecule has 0 saturated heterocycles. The fourth-order valence-corrected chi connectivity index (χ4v) is 2.41. The quantitative estimate of drug-likeness (QED) is 0.892. The molecule has 1 unspecified atom stereocenters. The second kappa shape index (κ2) is 4.86. The normalized spacial score (nSPS) is 17.1. The molecule has 0 bridgehead atoms. The topological polar surface area (TPSA) is 38.3 Å². The predicted molar refractivity (Wildman–Crippen MR) is 75.2 cm³/mol. The lowest BCUT2D eigenvalue weighted by Gasteiger charge is -2.16. The standard InChI is InChI=1S/C16H15NO2/c1-2-19-16-15(18)13-9-4-3-7-11(13)12-8-5-6-10-14(12)17-16/h3-10,16-17H,2H2,1H3. The third-order valence-electron chi connectivity index (χ3n) is 3.27. The number of hydrogen-bond acceptors (Lipinski definition) is 3. The lowest BCUT2D eigenvalue weighted by molar-refractivity contribution is 0.0552. The van der Waals surface area contributed by atoms with Gasteiger partial charge in [-0.3, -0.25) is 4.79 Å². The number of nitrogens with one attached hydrogen (secondary N) is 1. The van der Waals surface area contributed by atoms with E-state index < -0.39 is 6.23 Å². The number of hydrogen-bond donors (Lipinski definition) is 1. The zero-order valence-electron chi connectivity index (χ0n) is 10.7.